The summed E-state index contributed by atoms with van der Waals surface area (Å²) >= 11 is 0. The number of benzene rings is 2. The first kappa shape index (κ1) is 16.1. The first-order valence-electron chi connectivity index (χ1n) is 7.94. The van der Waals surface area contributed by atoms with Crippen LogP contribution in [0.2, 0.25) is 0 Å². The summed E-state index contributed by atoms with van der Waals surface area (Å²) in [6, 6.07) is 12.6. The summed E-state index contributed by atoms with van der Waals surface area (Å²) in [7, 11) is 1.53. The number of aliphatic imine (C=N–C) groups is 1. The van der Waals surface area contributed by atoms with Crippen molar-refractivity contribution in [1.82, 2.24) is 0 Å². The van der Waals surface area contributed by atoms with E-state index in [1.165, 1.54) is 7.11 Å². The molecular weight excluding hydrogens is 304 g/mol. The number of anilines is 1. The first-order valence-corrected chi connectivity index (χ1v) is 7.94. The molecule has 24 heavy (non-hydrogen) atoms. The van der Waals surface area contributed by atoms with Crippen LogP contribution >= 0.6 is 0 Å². The molecule has 0 saturated heterocycles. The number of para-hydroxylation sites is 1. The Bertz CT molecular complexity index is 784. The Morgan fingerprint density at radius 1 is 1.12 bits per heavy atom. The predicted octanol–water partition coefficient (Wildman–Crippen LogP) is 3.83. The lowest BCUT2D eigenvalue weighted by Crippen LogP contribution is -2.13. The number of amidine groups is 1. The Morgan fingerprint density at radius 3 is 2.67 bits per heavy atom. The molecule has 0 unspecified atom stereocenters. The molecule has 3 rings (SSSR count). The Kier molecular flexibility index (Phi) is 4.79. The van der Waals surface area contributed by atoms with Gasteiger partial charge in [0.15, 0.2) is 0 Å². The lowest BCUT2D eigenvalue weighted by atomic mass is 10.1. The number of nitrogens with one attached hydrogen (secondary N) is 1. The van der Waals surface area contributed by atoms with E-state index in [2.05, 4.69) is 10.3 Å². The second kappa shape index (κ2) is 7.17. The number of esters is 1. The molecule has 0 bridgehead atoms. The number of rotatable bonds is 4. The average molecular weight is 324 g/mol. The van der Waals surface area contributed by atoms with Crippen molar-refractivity contribution in [3.05, 3.63) is 53.6 Å². The molecule has 0 fully saturated rings. The number of hydrogen-bond acceptors (Lipinski definition) is 5. The molecule has 0 aromatic heterocycles. The van der Waals surface area contributed by atoms with E-state index in [0.29, 0.717) is 17.1 Å². The molecule has 2 aromatic rings. The summed E-state index contributed by atoms with van der Waals surface area (Å²) in [6.07, 6.45) is 2.02. The lowest BCUT2D eigenvalue weighted by molar-refractivity contribution is 0.0730. The molecule has 1 N–H and O–H groups in total. The van der Waals surface area contributed by atoms with Gasteiger partial charge in [-0.1, -0.05) is 18.2 Å². The van der Waals surface area contributed by atoms with Crippen molar-refractivity contribution in [2.24, 2.45) is 4.99 Å². The fraction of sp³-hybridized carbons (Fsp3) is 0.263. The van der Waals surface area contributed by atoms with Gasteiger partial charge >= 0.3 is 5.97 Å². The van der Waals surface area contributed by atoms with Gasteiger partial charge in [0.05, 0.1) is 7.11 Å². The molecule has 1 aliphatic rings. The fourth-order valence-electron chi connectivity index (χ4n) is 2.63. The third kappa shape index (κ3) is 3.40. The van der Waals surface area contributed by atoms with Gasteiger partial charge in [-0.3, -0.25) is 4.99 Å². The number of carbonyl (C=O) groups is 1. The van der Waals surface area contributed by atoms with Gasteiger partial charge in [-0.15, -0.1) is 0 Å². The quantitative estimate of drug-likeness (QED) is 0.686. The van der Waals surface area contributed by atoms with E-state index in [-0.39, 0.29) is 0 Å². The molecule has 0 aliphatic carbocycles. The molecule has 0 spiro atoms. The Balaban J connectivity index is 1.81. The summed E-state index contributed by atoms with van der Waals surface area (Å²) in [5.41, 5.74) is 2.18. The van der Waals surface area contributed by atoms with Crippen molar-refractivity contribution in [2.75, 3.05) is 19.0 Å². The maximum atomic E-state index is 12.5. The molecule has 5 nitrogen and oxygen atoms in total. The maximum absolute atomic E-state index is 12.5. The smallest absolute Gasteiger partial charge is 0.347 e. The highest BCUT2D eigenvalue weighted by Crippen LogP contribution is 2.28. The first-order chi connectivity index (χ1) is 11.7. The third-order valence-electron chi connectivity index (χ3n) is 3.97. The Morgan fingerprint density at radius 2 is 1.92 bits per heavy atom. The second-order valence-corrected chi connectivity index (χ2v) is 5.58. The van der Waals surface area contributed by atoms with Crippen molar-refractivity contribution in [3.63, 3.8) is 0 Å². The zero-order valence-corrected chi connectivity index (χ0v) is 13.8. The highest BCUT2D eigenvalue weighted by Gasteiger charge is 2.16. The van der Waals surface area contributed by atoms with Crippen LogP contribution in [0.5, 0.6) is 11.5 Å². The number of hydrogen-bond donors (Lipinski definition) is 1. The van der Waals surface area contributed by atoms with Crippen LogP contribution in [0.25, 0.3) is 0 Å². The minimum Gasteiger partial charge on any atom is -0.496 e. The monoisotopic (exact) mass is 324 g/mol. The summed E-state index contributed by atoms with van der Waals surface area (Å²) in [5.74, 6) is 1.56. The molecular formula is C19H20N2O3. The van der Waals surface area contributed by atoms with Crippen LogP contribution in [0.4, 0.5) is 5.69 Å². The molecule has 5 heteroatoms. The summed E-state index contributed by atoms with van der Waals surface area (Å²) < 4.78 is 10.8. The van der Waals surface area contributed by atoms with E-state index < -0.39 is 5.97 Å². The Hall–Kier alpha value is -2.82. The van der Waals surface area contributed by atoms with Crippen LogP contribution in [0.3, 0.4) is 0 Å². The van der Waals surface area contributed by atoms with Gasteiger partial charge in [0, 0.05) is 24.2 Å². The predicted molar refractivity (Wildman–Crippen MR) is 94.3 cm³/mol. The Labute approximate surface area is 141 Å². The number of nitrogens with zero attached hydrogens (tertiary/aromatic N) is 1. The van der Waals surface area contributed by atoms with Gasteiger partial charge < -0.3 is 14.8 Å². The van der Waals surface area contributed by atoms with E-state index >= 15 is 0 Å². The summed E-state index contributed by atoms with van der Waals surface area (Å²) in [4.78, 5) is 16.9. The van der Waals surface area contributed by atoms with E-state index in [4.69, 9.17) is 9.47 Å². The summed E-state index contributed by atoms with van der Waals surface area (Å²) in [5, 5.41) is 3.32. The van der Waals surface area contributed by atoms with Gasteiger partial charge in [0.25, 0.3) is 0 Å². The van der Waals surface area contributed by atoms with Gasteiger partial charge in [-0.05, 0) is 37.6 Å². The number of carbonyl (C=O) groups excluding carboxylic acids is 1. The van der Waals surface area contributed by atoms with Crippen molar-refractivity contribution in [3.8, 4) is 11.5 Å². The highest BCUT2D eigenvalue weighted by atomic mass is 16.5. The van der Waals surface area contributed by atoms with Crippen molar-refractivity contribution in [1.29, 1.82) is 0 Å². The zero-order valence-electron chi connectivity index (χ0n) is 13.8. The standard InChI is InChI=1S/C19H20N2O3/c1-13-15(21-18-11-6-12-20-18)8-5-10-16(13)24-19(22)14-7-3-4-9-17(14)23-2/h3-5,7-10H,6,11-12H2,1-2H3,(H,20,21). The van der Waals surface area contributed by atoms with Crippen LogP contribution in [0.1, 0.15) is 28.8 Å². The minimum atomic E-state index is -0.439. The second-order valence-electron chi connectivity index (χ2n) is 5.58. The van der Waals surface area contributed by atoms with Gasteiger partial charge in [0.2, 0.25) is 0 Å². The van der Waals surface area contributed by atoms with Crippen molar-refractivity contribution >= 4 is 17.5 Å². The molecule has 2 aromatic carbocycles. The van der Waals surface area contributed by atoms with E-state index in [9.17, 15) is 4.79 Å². The third-order valence-corrected chi connectivity index (χ3v) is 3.97. The fourth-order valence-corrected chi connectivity index (χ4v) is 2.63. The van der Waals surface area contributed by atoms with Crippen LogP contribution in [0, 0.1) is 6.92 Å². The zero-order chi connectivity index (χ0) is 16.9. The molecule has 1 aliphatic heterocycles. The van der Waals surface area contributed by atoms with Crippen LogP contribution in [-0.4, -0.2) is 25.5 Å². The van der Waals surface area contributed by atoms with Crippen molar-refractivity contribution in [2.45, 2.75) is 19.8 Å². The van der Waals surface area contributed by atoms with Gasteiger partial charge in [0.1, 0.15) is 22.9 Å². The van der Waals surface area contributed by atoms with Crippen LogP contribution < -0.4 is 14.8 Å². The number of methoxy groups -OCH3 is 1. The minimum absolute atomic E-state index is 0.401. The summed E-state index contributed by atoms with van der Waals surface area (Å²) in [6.45, 7) is 2.78. The highest BCUT2D eigenvalue weighted by molar-refractivity contribution is 5.98. The normalized spacial score (nSPS) is 13.3. The maximum Gasteiger partial charge on any atom is 0.347 e. The van der Waals surface area contributed by atoms with Crippen LogP contribution in [-0.2, 0) is 0 Å². The SMILES string of the molecule is COc1ccccc1C(=O)Oc1cccc(NC2=NCCC2)c1C. The largest absolute Gasteiger partial charge is 0.496 e. The van der Waals surface area contributed by atoms with Gasteiger partial charge in [-0.2, -0.15) is 0 Å². The molecule has 0 atom stereocenters. The van der Waals surface area contributed by atoms with Gasteiger partial charge in [-0.25, -0.2) is 4.79 Å². The molecule has 1 heterocycles. The topological polar surface area (TPSA) is 59.9 Å². The molecule has 0 amide bonds. The number of ether oxygens (including phenoxy) is 2. The lowest BCUT2D eigenvalue weighted by Gasteiger charge is -2.14. The molecule has 124 valence electrons. The van der Waals surface area contributed by atoms with E-state index in [1.807, 2.05) is 25.1 Å². The molecule has 0 saturated carbocycles. The van der Waals surface area contributed by atoms with E-state index in [1.54, 1.807) is 24.3 Å². The van der Waals surface area contributed by atoms with Crippen molar-refractivity contribution < 1.29 is 14.3 Å². The van der Waals surface area contributed by atoms with E-state index in [0.717, 1.165) is 36.5 Å². The molecule has 0 radical (unpaired) electrons. The average Bonchev–Trinajstić information content (AvgIpc) is 3.11. The van der Waals surface area contributed by atoms with Crippen LogP contribution in [0.15, 0.2) is 47.5 Å².